The van der Waals surface area contributed by atoms with Gasteiger partial charge in [0.05, 0.1) is 11.1 Å². The first-order valence-corrected chi connectivity index (χ1v) is 6.36. The zero-order valence-electron chi connectivity index (χ0n) is 10.8. The molecule has 0 unspecified atom stereocenters. The Morgan fingerprint density at radius 1 is 1.53 bits per heavy atom. The molecule has 3 N–H and O–H groups in total. The van der Waals surface area contributed by atoms with Gasteiger partial charge in [-0.15, -0.1) is 0 Å². The molecule has 2 rings (SSSR count). The third-order valence-corrected chi connectivity index (χ3v) is 3.57. The lowest BCUT2D eigenvalue weighted by Gasteiger charge is -2.29. The fraction of sp³-hybridized carbons (Fsp3) is 0.583. The summed E-state index contributed by atoms with van der Waals surface area (Å²) in [4.78, 5) is 22.3. The molecule has 0 saturated heterocycles. The normalized spacial score (nSPS) is 23.1. The van der Waals surface area contributed by atoms with Crippen LogP contribution in [0.25, 0.3) is 0 Å². The molecule has 1 heterocycles. The maximum absolute atomic E-state index is 12.1. The third-order valence-electron chi connectivity index (χ3n) is 3.57. The molecule has 1 fully saturated rings. The number of nitro groups is 1. The van der Waals surface area contributed by atoms with Gasteiger partial charge in [0.2, 0.25) is 0 Å². The molecule has 1 aromatic heterocycles. The van der Waals surface area contributed by atoms with Crippen LogP contribution in [0.2, 0.25) is 0 Å². The largest absolute Gasteiger partial charge is 0.346 e. The van der Waals surface area contributed by atoms with Crippen molar-refractivity contribution in [3.05, 3.63) is 28.1 Å². The molecule has 7 nitrogen and oxygen atoms in total. The summed E-state index contributed by atoms with van der Waals surface area (Å²) in [5.74, 6) is -0.307. The van der Waals surface area contributed by atoms with Gasteiger partial charge in [0.1, 0.15) is 5.69 Å². The van der Waals surface area contributed by atoms with Crippen LogP contribution < -0.4 is 11.1 Å². The van der Waals surface area contributed by atoms with Crippen LogP contribution >= 0.6 is 0 Å². The highest BCUT2D eigenvalue weighted by Crippen LogP contribution is 2.19. The summed E-state index contributed by atoms with van der Waals surface area (Å²) in [6.07, 6.45) is 5.22. The quantitative estimate of drug-likeness (QED) is 0.627. The number of aryl methyl sites for hydroxylation is 1. The zero-order valence-corrected chi connectivity index (χ0v) is 10.8. The number of nitrogens with one attached hydrogen (secondary N) is 1. The minimum atomic E-state index is -0.511. The lowest BCUT2D eigenvalue weighted by atomic mass is 9.91. The molecule has 0 aliphatic heterocycles. The van der Waals surface area contributed by atoms with E-state index in [1.165, 1.54) is 16.8 Å². The maximum Gasteiger partial charge on any atom is 0.287 e. The van der Waals surface area contributed by atoms with Gasteiger partial charge in [-0.2, -0.15) is 0 Å². The molecule has 0 bridgehead atoms. The average Bonchev–Trinajstić information content (AvgIpc) is 2.74. The van der Waals surface area contributed by atoms with Crippen molar-refractivity contribution in [2.45, 2.75) is 37.8 Å². The molecule has 7 heteroatoms. The van der Waals surface area contributed by atoms with E-state index in [0.717, 1.165) is 25.7 Å². The molecular formula is C12H18N4O3. The molecule has 0 aromatic carbocycles. The van der Waals surface area contributed by atoms with Crippen molar-refractivity contribution in [1.82, 2.24) is 9.88 Å². The topological polar surface area (TPSA) is 103 Å². The monoisotopic (exact) mass is 266 g/mol. The number of carbonyl (C=O) groups is 1. The van der Waals surface area contributed by atoms with Gasteiger partial charge < -0.3 is 15.6 Å². The predicted molar refractivity (Wildman–Crippen MR) is 69.8 cm³/mol. The Kier molecular flexibility index (Phi) is 3.84. The van der Waals surface area contributed by atoms with Crippen LogP contribution in [-0.2, 0) is 7.05 Å². The molecule has 104 valence electrons. The number of aromatic nitrogens is 1. The Morgan fingerprint density at radius 3 is 2.79 bits per heavy atom. The Balaban J connectivity index is 2.09. The molecule has 1 aliphatic rings. The minimum absolute atomic E-state index is 0.0343. The van der Waals surface area contributed by atoms with E-state index in [1.54, 1.807) is 7.05 Å². The third kappa shape index (κ3) is 2.93. The first kappa shape index (κ1) is 13.5. The van der Waals surface area contributed by atoms with Crippen LogP contribution in [0, 0.1) is 10.1 Å². The number of amides is 1. The summed E-state index contributed by atoms with van der Waals surface area (Å²) < 4.78 is 1.46. The van der Waals surface area contributed by atoms with Crippen molar-refractivity contribution < 1.29 is 9.72 Å². The highest BCUT2D eigenvalue weighted by molar-refractivity contribution is 5.93. The Morgan fingerprint density at radius 2 is 2.21 bits per heavy atom. The van der Waals surface area contributed by atoms with Crippen molar-refractivity contribution in [1.29, 1.82) is 0 Å². The summed E-state index contributed by atoms with van der Waals surface area (Å²) in [6, 6.07) is 1.20. The Bertz CT molecular complexity index is 497. The molecule has 1 amide bonds. The Labute approximate surface area is 110 Å². The minimum Gasteiger partial charge on any atom is -0.346 e. The van der Waals surface area contributed by atoms with Crippen LogP contribution in [0.4, 0.5) is 5.69 Å². The second-order valence-electron chi connectivity index (χ2n) is 4.98. The standard InChI is InChI=1S/C12H18N4O3/c1-15-7-8(16(18)19)6-11(15)12(17)14-10-5-3-2-4-9(10)13/h6-7,9-10H,2-5,13H2,1H3,(H,14,17)/t9-,10-/m1/s1. The number of carbonyl (C=O) groups excluding carboxylic acids is 1. The molecule has 2 atom stereocenters. The highest BCUT2D eigenvalue weighted by Gasteiger charge is 2.25. The van der Waals surface area contributed by atoms with Gasteiger partial charge in [-0.25, -0.2) is 0 Å². The fourth-order valence-corrected chi connectivity index (χ4v) is 2.45. The molecule has 0 spiro atoms. The van der Waals surface area contributed by atoms with E-state index in [1.807, 2.05) is 0 Å². The van der Waals surface area contributed by atoms with Crippen molar-refractivity contribution in [2.24, 2.45) is 12.8 Å². The van der Waals surface area contributed by atoms with Gasteiger partial charge in [-0.1, -0.05) is 12.8 Å². The van der Waals surface area contributed by atoms with Crippen molar-refractivity contribution in [3.8, 4) is 0 Å². The fourth-order valence-electron chi connectivity index (χ4n) is 2.45. The SMILES string of the molecule is Cn1cc([N+](=O)[O-])cc1C(=O)N[C@@H]1CCCC[C@H]1N. The summed E-state index contributed by atoms with van der Waals surface area (Å²) in [7, 11) is 1.61. The van der Waals surface area contributed by atoms with Gasteiger partial charge in [0, 0.05) is 25.2 Å². The van der Waals surface area contributed by atoms with E-state index in [-0.39, 0.29) is 29.4 Å². The predicted octanol–water partition coefficient (Wildman–Crippen LogP) is 0.933. The van der Waals surface area contributed by atoms with Gasteiger partial charge in [-0.3, -0.25) is 14.9 Å². The maximum atomic E-state index is 12.1. The van der Waals surface area contributed by atoms with Crippen LogP contribution in [0.3, 0.4) is 0 Å². The van der Waals surface area contributed by atoms with E-state index >= 15 is 0 Å². The van der Waals surface area contributed by atoms with Crippen LogP contribution in [0.1, 0.15) is 36.2 Å². The number of hydrogen-bond acceptors (Lipinski definition) is 4. The first-order valence-electron chi connectivity index (χ1n) is 6.36. The summed E-state index contributed by atoms with van der Waals surface area (Å²) in [5, 5.41) is 13.5. The zero-order chi connectivity index (χ0) is 14.0. The summed E-state index contributed by atoms with van der Waals surface area (Å²) in [5.41, 5.74) is 6.17. The lowest BCUT2D eigenvalue weighted by Crippen LogP contribution is -2.49. The average molecular weight is 266 g/mol. The van der Waals surface area contributed by atoms with Crippen LogP contribution in [0.15, 0.2) is 12.3 Å². The number of rotatable bonds is 3. The van der Waals surface area contributed by atoms with E-state index in [0.29, 0.717) is 0 Å². The van der Waals surface area contributed by atoms with E-state index in [4.69, 9.17) is 5.73 Å². The van der Waals surface area contributed by atoms with E-state index < -0.39 is 4.92 Å². The lowest BCUT2D eigenvalue weighted by molar-refractivity contribution is -0.384. The summed E-state index contributed by atoms with van der Waals surface area (Å²) in [6.45, 7) is 0. The summed E-state index contributed by atoms with van der Waals surface area (Å²) >= 11 is 0. The number of hydrogen-bond donors (Lipinski definition) is 2. The van der Waals surface area contributed by atoms with Gasteiger partial charge in [-0.05, 0) is 12.8 Å². The van der Waals surface area contributed by atoms with Crippen molar-refractivity contribution in [3.63, 3.8) is 0 Å². The second-order valence-corrected chi connectivity index (χ2v) is 4.98. The van der Waals surface area contributed by atoms with E-state index in [9.17, 15) is 14.9 Å². The molecule has 1 aromatic rings. The number of nitrogens with zero attached hydrogens (tertiary/aromatic N) is 2. The highest BCUT2D eigenvalue weighted by atomic mass is 16.6. The van der Waals surface area contributed by atoms with Gasteiger partial charge >= 0.3 is 0 Å². The first-order chi connectivity index (χ1) is 8.99. The van der Waals surface area contributed by atoms with Crippen LogP contribution in [0.5, 0.6) is 0 Å². The smallest absolute Gasteiger partial charge is 0.287 e. The van der Waals surface area contributed by atoms with Gasteiger partial charge in [0.25, 0.3) is 11.6 Å². The molecular weight excluding hydrogens is 248 g/mol. The molecule has 1 aliphatic carbocycles. The number of nitrogens with two attached hydrogens (primary N) is 1. The van der Waals surface area contributed by atoms with Crippen molar-refractivity contribution >= 4 is 11.6 Å². The molecule has 19 heavy (non-hydrogen) atoms. The van der Waals surface area contributed by atoms with Gasteiger partial charge in [0.15, 0.2) is 0 Å². The second kappa shape index (κ2) is 5.40. The van der Waals surface area contributed by atoms with Crippen LogP contribution in [-0.4, -0.2) is 27.5 Å². The Hall–Kier alpha value is -1.89. The molecule has 0 radical (unpaired) electrons. The van der Waals surface area contributed by atoms with Crippen molar-refractivity contribution in [2.75, 3.05) is 0 Å². The van der Waals surface area contributed by atoms with E-state index in [2.05, 4.69) is 5.32 Å². The molecule has 1 saturated carbocycles.